The van der Waals surface area contributed by atoms with Crippen molar-refractivity contribution in [2.75, 3.05) is 4.90 Å². The monoisotopic (exact) mass is 609 g/mol. The fourth-order valence-electron chi connectivity index (χ4n) is 7.38. The molecular weight excluding hydrogens is 579 g/mol. The van der Waals surface area contributed by atoms with Gasteiger partial charge in [0.2, 0.25) is 0 Å². The van der Waals surface area contributed by atoms with Gasteiger partial charge in [-0.1, -0.05) is 151 Å². The summed E-state index contributed by atoms with van der Waals surface area (Å²) in [5.74, 6) is 7.46. The predicted molar refractivity (Wildman–Crippen MR) is 201 cm³/mol. The zero-order chi connectivity index (χ0) is 31.9. The molecule has 0 bridgehead atoms. The van der Waals surface area contributed by atoms with Crippen LogP contribution >= 0.6 is 0 Å². The molecule has 8 aromatic rings. The maximum absolute atomic E-state index is 3.87. The second kappa shape index (κ2) is 11.5. The third kappa shape index (κ3) is 4.58. The van der Waals surface area contributed by atoms with Gasteiger partial charge in [0.05, 0.1) is 0 Å². The van der Waals surface area contributed by atoms with E-state index in [-0.39, 0.29) is 0 Å². The van der Waals surface area contributed by atoms with Crippen LogP contribution in [0.2, 0.25) is 0 Å². The van der Waals surface area contributed by atoms with Gasteiger partial charge in [0, 0.05) is 22.6 Å². The predicted octanol–water partition coefficient (Wildman–Crippen LogP) is 11.8. The third-order valence-corrected chi connectivity index (χ3v) is 9.64. The Bertz CT molecular complexity index is 2440. The molecule has 0 aromatic heterocycles. The first-order chi connectivity index (χ1) is 23.8. The molecule has 1 nitrogen and oxygen atoms in total. The van der Waals surface area contributed by atoms with Crippen LogP contribution in [-0.2, 0) is 5.41 Å². The maximum Gasteiger partial charge on any atom is 0.108 e. The minimum absolute atomic E-state index is 0.655. The van der Waals surface area contributed by atoms with Crippen molar-refractivity contribution in [3.63, 3.8) is 0 Å². The second-order valence-electron chi connectivity index (χ2n) is 12.4. The molecule has 1 heteroatoms. The first-order valence-electron chi connectivity index (χ1n) is 16.4. The van der Waals surface area contributed by atoms with Crippen molar-refractivity contribution in [2.24, 2.45) is 0 Å². The van der Waals surface area contributed by atoms with Crippen molar-refractivity contribution in [1.82, 2.24) is 0 Å². The van der Waals surface area contributed by atoms with E-state index in [1.54, 1.807) is 0 Å². The average molecular weight is 610 g/mol. The van der Waals surface area contributed by atoms with Crippen LogP contribution in [-0.4, -0.2) is 0 Å². The van der Waals surface area contributed by atoms with Gasteiger partial charge in [0.15, 0.2) is 0 Å². The molecule has 0 amide bonds. The molecule has 8 aromatic carbocycles. The molecule has 1 unspecified atom stereocenters. The quantitative estimate of drug-likeness (QED) is 0.179. The summed E-state index contributed by atoms with van der Waals surface area (Å²) in [6.45, 7) is 0. The zero-order valence-electron chi connectivity index (χ0n) is 26.3. The Hall–Kier alpha value is -6.36. The van der Waals surface area contributed by atoms with E-state index in [2.05, 4.69) is 199 Å². The van der Waals surface area contributed by atoms with Crippen LogP contribution in [0.4, 0.5) is 17.1 Å². The average Bonchev–Trinajstić information content (AvgIpc) is 3.44. The Labute approximate surface area is 281 Å². The molecule has 0 aliphatic heterocycles. The normalized spacial score (nSPS) is 14.6. The van der Waals surface area contributed by atoms with Gasteiger partial charge < -0.3 is 4.90 Å². The number of rotatable bonds is 4. The van der Waals surface area contributed by atoms with Gasteiger partial charge in [0.25, 0.3) is 0 Å². The molecule has 48 heavy (non-hydrogen) atoms. The molecule has 0 N–H and O–H groups in total. The zero-order valence-corrected chi connectivity index (χ0v) is 26.3. The lowest BCUT2D eigenvalue weighted by atomic mass is 9.72. The van der Waals surface area contributed by atoms with Crippen LogP contribution in [0.1, 0.15) is 22.3 Å². The van der Waals surface area contributed by atoms with Gasteiger partial charge in [-0.2, -0.15) is 0 Å². The molecular formula is C47H31N. The Kier molecular flexibility index (Phi) is 6.66. The highest BCUT2D eigenvalue weighted by molar-refractivity contribution is 5.94. The van der Waals surface area contributed by atoms with E-state index in [9.17, 15) is 0 Å². The maximum atomic E-state index is 3.87. The van der Waals surface area contributed by atoms with E-state index in [0.29, 0.717) is 0 Å². The molecule has 0 radical (unpaired) electrons. The van der Waals surface area contributed by atoms with Crippen LogP contribution in [0.5, 0.6) is 0 Å². The summed E-state index contributed by atoms with van der Waals surface area (Å²) in [4.78, 5) is 2.39. The van der Waals surface area contributed by atoms with Crippen molar-refractivity contribution < 1.29 is 0 Å². The van der Waals surface area contributed by atoms with Gasteiger partial charge in [-0.3, -0.25) is 0 Å². The number of nitrogens with zero attached hydrogens (tertiary/aromatic N) is 1. The lowest BCUT2D eigenvalue weighted by Gasteiger charge is -2.30. The van der Waals surface area contributed by atoms with E-state index < -0.39 is 5.41 Å². The van der Waals surface area contributed by atoms with Crippen molar-refractivity contribution in [1.29, 1.82) is 0 Å². The van der Waals surface area contributed by atoms with E-state index in [1.807, 2.05) is 6.07 Å². The van der Waals surface area contributed by atoms with Gasteiger partial charge in [-0.25, -0.2) is 0 Å². The molecule has 1 atom stereocenters. The van der Waals surface area contributed by atoms with Crippen molar-refractivity contribution in [3.05, 3.63) is 210 Å². The summed E-state index contributed by atoms with van der Waals surface area (Å²) in [5, 5.41) is 4.87. The first-order valence-corrected chi connectivity index (χ1v) is 16.4. The third-order valence-electron chi connectivity index (χ3n) is 9.64. The molecule has 0 spiro atoms. The fourth-order valence-corrected chi connectivity index (χ4v) is 7.38. The molecule has 1 aliphatic rings. The second-order valence-corrected chi connectivity index (χ2v) is 12.4. The summed E-state index contributed by atoms with van der Waals surface area (Å²) in [6, 6.07) is 67.5. The highest BCUT2D eigenvalue weighted by Crippen LogP contribution is 2.54. The molecule has 1 aliphatic carbocycles. The first kappa shape index (κ1) is 27.9. The van der Waals surface area contributed by atoms with E-state index in [0.717, 1.165) is 22.6 Å². The number of anilines is 3. The van der Waals surface area contributed by atoms with Crippen molar-refractivity contribution in [3.8, 4) is 23.0 Å². The van der Waals surface area contributed by atoms with Crippen LogP contribution in [0, 0.1) is 11.8 Å². The highest BCUT2D eigenvalue weighted by Gasteiger charge is 2.44. The van der Waals surface area contributed by atoms with E-state index >= 15 is 0 Å². The molecule has 0 heterocycles. The van der Waals surface area contributed by atoms with Crippen molar-refractivity contribution in [2.45, 2.75) is 5.41 Å². The van der Waals surface area contributed by atoms with Crippen LogP contribution in [0.3, 0.4) is 0 Å². The molecule has 0 saturated heterocycles. The minimum atomic E-state index is -0.655. The Morgan fingerprint density at radius 1 is 0.375 bits per heavy atom. The number of hydrogen-bond donors (Lipinski definition) is 0. The summed E-state index contributed by atoms with van der Waals surface area (Å²) < 4.78 is 0. The number of hydrogen-bond acceptors (Lipinski definition) is 1. The van der Waals surface area contributed by atoms with Gasteiger partial charge in [0.1, 0.15) is 5.41 Å². The summed E-state index contributed by atoms with van der Waals surface area (Å²) in [7, 11) is 0. The topological polar surface area (TPSA) is 3.24 Å². The Morgan fingerprint density at radius 3 is 1.54 bits per heavy atom. The van der Waals surface area contributed by atoms with E-state index in [1.165, 1.54) is 49.4 Å². The van der Waals surface area contributed by atoms with E-state index in [4.69, 9.17) is 0 Å². The lowest BCUT2D eigenvalue weighted by Crippen LogP contribution is -2.25. The molecule has 9 rings (SSSR count). The smallest absolute Gasteiger partial charge is 0.108 e. The van der Waals surface area contributed by atoms with Gasteiger partial charge in [-0.15, -0.1) is 0 Å². The molecule has 0 fully saturated rings. The Morgan fingerprint density at radius 2 is 0.875 bits per heavy atom. The summed E-state index contributed by atoms with van der Waals surface area (Å²) in [6.07, 6.45) is 0. The Balaban J connectivity index is 1.32. The summed E-state index contributed by atoms with van der Waals surface area (Å²) >= 11 is 0. The standard InChI is InChI=1S/C47H31N/c1-3-13-34(14-4-1)29-30-47(39-19-5-2-6-20-39)45-22-12-11-21-43(45)44-28-27-42(33-46(44)47)48(40-25-23-35-15-7-9-17-37(35)31-40)41-26-24-36-16-8-10-18-38(36)32-41/h1-28,31-33H. The molecule has 0 saturated carbocycles. The number of fused-ring (bicyclic) bond motifs is 5. The SMILES string of the molecule is C(#CC1(c2ccccc2)c2ccccc2-c2ccc(N(c3ccc4ccccc4c3)c3ccc4ccccc4c3)cc21)c1ccccc1. The van der Waals surface area contributed by atoms with Gasteiger partial charge >= 0.3 is 0 Å². The van der Waals surface area contributed by atoms with Gasteiger partial charge in [-0.05, 0) is 97.9 Å². The largest absolute Gasteiger partial charge is 0.310 e. The minimum Gasteiger partial charge on any atom is -0.310 e. The highest BCUT2D eigenvalue weighted by atomic mass is 15.1. The number of benzene rings is 8. The van der Waals surface area contributed by atoms with Crippen molar-refractivity contribution >= 4 is 38.6 Å². The molecule has 224 valence electrons. The fraction of sp³-hybridized carbons (Fsp3) is 0.0213. The summed E-state index contributed by atoms with van der Waals surface area (Å²) in [5.41, 5.74) is 9.69. The van der Waals surface area contributed by atoms with Crippen LogP contribution in [0.25, 0.3) is 32.7 Å². The lowest BCUT2D eigenvalue weighted by molar-refractivity contribution is 0.837. The van der Waals surface area contributed by atoms with Crippen LogP contribution in [0.15, 0.2) is 188 Å². The van der Waals surface area contributed by atoms with Crippen LogP contribution < -0.4 is 4.90 Å².